The molecule has 0 aliphatic heterocycles. The highest BCUT2D eigenvalue weighted by Crippen LogP contribution is 2.21. The van der Waals surface area contributed by atoms with Crippen LogP contribution in [0.25, 0.3) is 11.5 Å². The molecule has 2 heterocycles. The van der Waals surface area contributed by atoms with Gasteiger partial charge in [-0.2, -0.15) is 10.4 Å². The summed E-state index contributed by atoms with van der Waals surface area (Å²) >= 11 is 5.85. The summed E-state index contributed by atoms with van der Waals surface area (Å²) in [5.74, 6) is 0.0334. The Bertz CT molecular complexity index is 938. The average molecular weight is 341 g/mol. The molecule has 3 aromatic rings. The molecule has 8 heteroatoms. The average Bonchev–Trinajstić information content (AvgIpc) is 3.26. The van der Waals surface area contributed by atoms with Gasteiger partial charge in [-0.3, -0.25) is 10.2 Å². The lowest BCUT2D eigenvalue weighted by Crippen LogP contribution is -2.14. The maximum atomic E-state index is 12.3. The van der Waals surface area contributed by atoms with E-state index in [1.54, 1.807) is 42.5 Å². The first kappa shape index (κ1) is 15.5. The number of carbonyl (C=O) groups excluding carboxylic acids is 1. The minimum absolute atomic E-state index is 0.0467. The van der Waals surface area contributed by atoms with Gasteiger partial charge < -0.3 is 8.94 Å². The van der Waals surface area contributed by atoms with Crippen molar-refractivity contribution in [3.63, 3.8) is 0 Å². The van der Waals surface area contributed by atoms with Gasteiger partial charge in [0, 0.05) is 11.1 Å². The standard InChI is InChI=1S/C16H9ClN4O3/c17-10-3-1-4-11(7-10)19-20-13(9-18)16(22)12-8-15(24-21-12)14-5-2-6-23-14/h1-8,19H. The van der Waals surface area contributed by atoms with Crippen molar-refractivity contribution < 1.29 is 13.7 Å². The number of hydrogen-bond acceptors (Lipinski definition) is 7. The molecule has 1 aromatic carbocycles. The summed E-state index contributed by atoms with van der Waals surface area (Å²) < 4.78 is 10.2. The van der Waals surface area contributed by atoms with Crippen molar-refractivity contribution in [2.45, 2.75) is 0 Å². The summed E-state index contributed by atoms with van der Waals surface area (Å²) in [5, 5.41) is 17.1. The van der Waals surface area contributed by atoms with Gasteiger partial charge in [0.05, 0.1) is 12.0 Å². The fourth-order valence-corrected chi connectivity index (χ4v) is 2.03. The molecule has 1 N–H and O–H groups in total. The van der Waals surface area contributed by atoms with E-state index in [4.69, 9.17) is 25.8 Å². The van der Waals surface area contributed by atoms with Crippen LogP contribution < -0.4 is 5.43 Å². The summed E-state index contributed by atoms with van der Waals surface area (Å²) in [4.78, 5) is 12.3. The van der Waals surface area contributed by atoms with E-state index >= 15 is 0 Å². The molecule has 3 rings (SSSR count). The Morgan fingerprint density at radius 1 is 1.25 bits per heavy atom. The monoisotopic (exact) mass is 340 g/mol. The lowest BCUT2D eigenvalue weighted by Gasteiger charge is -2.00. The second-order valence-electron chi connectivity index (χ2n) is 4.58. The Hall–Kier alpha value is -3.37. The molecule has 0 amide bonds. The third-order valence-corrected chi connectivity index (χ3v) is 3.18. The first-order chi connectivity index (χ1) is 11.7. The number of hydrogen-bond donors (Lipinski definition) is 1. The number of ketones is 1. The van der Waals surface area contributed by atoms with Crippen molar-refractivity contribution in [1.82, 2.24) is 5.16 Å². The number of nitriles is 1. The van der Waals surface area contributed by atoms with Crippen LogP contribution in [-0.2, 0) is 0 Å². The molecule has 118 valence electrons. The van der Waals surface area contributed by atoms with Gasteiger partial charge in [-0.25, -0.2) is 0 Å². The van der Waals surface area contributed by atoms with Crippen LogP contribution in [0, 0.1) is 11.3 Å². The predicted octanol–water partition coefficient (Wildman–Crippen LogP) is 3.76. The fraction of sp³-hybridized carbons (Fsp3) is 0. The summed E-state index contributed by atoms with van der Waals surface area (Å²) in [6, 6.07) is 13.2. The maximum Gasteiger partial charge on any atom is 0.245 e. The van der Waals surface area contributed by atoms with Crippen molar-refractivity contribution in [2.24, 2.45) is 5.10 Å². The largest absolute Gasteiger partial charge is 0.461 e. The van der Waals surface area contributed by atoms with E-state index in [1.807, 2.05) is 0 Å². The summed E-state index contributed by atoms with van der Waals surface area (Å²) in [5.41, 5.74) is 2.73. The van der Waals surface area contributed by atoms with Gasteiger partial charge in [0.2, 0.25) is 17.3 Å². The summed E-state index contributed by atoms with van der Waals surface area (Å²) in [6.07, 6.45) is 1.47. The van der Waals surface area contributed by atoms with E-state index in [9.17, 15) is 4.79 Å². The van der Waals surface area contributed by atoms with Crippen LogP contribution in [0.3, 0.4) is 0 Å². The van der Waals surface area contributed by atoms with Crippen LogP contribution in [-0.4, -0.2) is 16.7 Å². The SMILES string of the molecule is N#CC(=NNc1cccc(Cl)c1)C(=O)c1cc(-c2ccco2)on1. The van der Waals surface area contributed by atoms with Crippen molar-refractivity contribution in [3.8, 4) is 17.6 Å². The van der Waals surface area contributed by atoms with Crippen molar-refractivity contribution in [3.05, 3.63) is 59.4 Å². The third-order valence-electron chi connectivity index (χ3n) is 2.95. The molecule has 0 radical (unpaired) electrons. The van der Waals surface area contributed by atoms with Gasteiger partial charge in [-0.1, -0.05) is 22.8 Å². The van der Waals surface area contributed by atoms with Gasteiger partial charge in [-0.15, -0.1) is 0 Å². The molecule has 2 aromatic heterocycles. The number of Topliss-reactive ketones (excluding diaryl/α,β-unsaturated/α-hetero) is 1. The Morgan fingerprint density at radius 2 is 2.12 bits per heavy atom. The zero-order valence-corrected chi connectivity index (χ0v) is 12.8. The lowest BCUT2D eigenvalue weighted by atomic mass is 10.2. The van der Waals surface area contributed by atoms with Crippen LogP contribution in [0.2, 0.25) is 5.02 Å². The molecule has 0 saturated carbocycles. The number of furan rings is 1. The molecule has 0 fully saturated rings. The number of benzene rings is 1. The van der Waals surface area contributed by atoms with Crippen molar-refractivity contribution >= 4 is 28.8 Å². The molecular weight excluding hydrogens is 332 g/mol. The first-order valence-corrected chi connectivity index (χ1v) is 7.10. The molecule has 0 aliphatic carbocycles. The summed E-state index contributed by atoms with van der Waals surface area (Å²) in [6.45, 7) is 0. The van der Waals surface area contributed by atoms with E-state index in [-0.39, 0.29) is 17.2 Å². The van der Waals surface area contributed by atoms with Gasteiger partial charge in [0.25, 0.3) is 0 Å². The van der Waals surface area contributed by atoms with E-state index in [0.717, 1.165) is 0 Å². The molecular formula is C16H9ClN4O3. The molecule has 0 unspecified atom stereocenters. The Labute approximate surface area is 141 Å². The van der Waals surface area contributed by atoms with Crippen molar-refractivity contribution in [1.29, 1.82) is 5.26 Å². The molecule has 0 bridgehead atoms. The van der Waals surface area contributed by atoms with Crippen LogP contribution in [0.15, 0.2) is 62.8 Å². The van der Waals surface area contributed by atoms with E-state index in [0.29, 0.717) is 16.5 Å². The highest BCUT2D eigenvalue weighted by atomic mass is 35.5. The third kappa shape index (κ3) is 3.34. The number of hydrazone groups is 1. The highest BCUT2D eigenvalue weighted by molar-refractivity contribution is 6.51. The fourth-order valence-electron chi connectivity index (χ4n) is 1.84. The molecule has 24 heavy (non-hydrogen) atoms. The number of nitrogens with zero attached hydrogens (tertiary/aromatic N) is 3. The molecule has 0 saturated heterocycles. The zero-order valence-electron chi connectivity index (χ0n) is 12.1. The van der Waals surface area contributed by atoms with Gasteiger partial charge in [0.1, 0.15) is 6.07 Å². The summed E-state index contributed by atoms with van der Waals surface area (Å²) in [7, 11) is 0. The quantitative estimate of drug-likeness (QED) is 0.430. The molecule has 7 nitrogen and oxygen atoms in total. The van der Waals surface area contributed by atoms with Gasteiger partial charge in [-0.05, 0) is 30.3 Å². The first-order valence-electron chi connectivity index (χ1n) is 6.72. The second-order valence-corrected chi connectivity index (χ2v) is 5.01. The Kier molecular flexibility index (Phi) is 4.40. The smallest absolute Gasteiger partial charge is 0.245 e. The topological polar surface area (TPSA) is 104 Å². The van der Waals surface area contributed by atoms with Gasteiger partial charge in [0.15, 0.2) is 11.5 Å². The normalized spacial score (nSPS) is 11.1. The molecule has 0 atom stereocenters. The predicted molar refractivity (Wildman–Crippen MR) is 86.7 cm³/mol. The Morgan fingerprint density at radius 3 is 2.83 bits per heavy atom. The molecule has 0 spiro atoms. The Balaban J connectivity index is 1.79. The van der Waals surface area contributed by atoms with Crippen LogP contribution in [0.1, 0.15) is 10.5 Å². The minimum atomic E-state index is -0.673. The zero-order chi connectivity index (χ0) is 16.9. The van der Waals surface area contributed by atoms with Crippen LogP contribution in [0.5, 0.6) is 0 Å². The van der Waals surface area contributed by atoms with E-state index < -0.39 is 5.78 Å². The molecule has 0 aliphatic rings. The highest BCUT2D eigenvalue weighted by Gasteiger charge is 2.20. The van der Waals surface area contributed by atoms with Gasteiger partial charge >= 0.3 is 0 Å². The second kappa shape index (κ2) is 6.81. The number of halogens is 1. The number of anilines is 1. The minimum Gasteiger partial charge on any atom is -0.461 e. The number of nitrogens with one attached hydrogen (secondary N) is 1. The number of rotatable bonds is 5. The van der Waals surface area contributed by atoms with E-state index in [1.165, 1.54) is 12.3 Å². The van der Waals surface area contributed by atoms with E-state index in [2.05, 4.69) is 15.7 Å². The lowest BCUT2D eigenvalue weighted by molar-refractivity contribution is 0.105. The van der Waals surface area contributed by atoms with Crippen LogP contribution >= 0.6 is 11.6 Å². The van der Waals surface area contributed by atoms with Crippen molar-refractivity contribution in [2.75, 3.05) is 5.43 Å². The van der Waals surface area contributed by atoms with Crippen LogP contribution in [0.4, 0.5) is 5.69 Å². The number of aromatic nitrogens is 1. The maximum absolute atomic E-state index is 12.3. The number of carbonyl (C=O) groups is 1.